The SMILES string of the molecule is CCCn1nc(C(=O)N2CCC(CC(=O)O)C2)ccc1=O. The average Bonchev–Trinajstić information content (AvgIpc) is 2.88. The average molecular weight is 293 g/mol. The maximum Gasteiger partial charge on any atom is 0.303 e. The van der Waals surface area contributed by atoms with E-state index in [2.05, 4.69) is 5.10 Å². The second-order valence-electron chi connectivity index (χ2n) is 5.28. The predicted molar refractivity (Wildman–Crippen MR) is 75.1 cm³/mol. The first-order valence-electron chi connectivity index (χ1n) is 7.10. The lowest BCUT2D eigenvalue weighted by molar-refractivity contribution is -0.138. The minimum absolute atomic E-state index is 0.00648. The Labute approximate surface area is 122 Å². The van der Waals surface area contributed by atoms with Gasteiger partial charge in [0.05, 0.1) is 0 Å². The molecule has 21 heavy (non-hydrogen) atoms. The largest absolute Gasteiger partial charge is 0.481 e. The molecule has 1 fully saturated rings. The number of hydrogen-bond donors (Lipinski definition) is 1. The molecule has 1 aromatic rings. The zero-order valence-corrected chi connectivity index (χ0v) is 12.0. The Balaban J connectivity index is 2.09. The Morgan fingerprint density at radius 1 is 1.43 bits per heavy atom. The molecule has 114 valence electrons. The van der Waals surface area contributed by atoms with Crippen molar-refractivity contribution in [1.82, 2.24) is 14.7 Å². The highest BCUT2D eigenvalue weighted by Gasteiger charge is 2.29. The van der Waals surface area contributed by atoms with Crippen molar-refractivity contribution in [1.29, 1.82) is 0 Å². The van der Waals surface area contributed by atoms with E-state index in [0.29, 0.717) is 26.1 Å². The van der Waals surface area contributed by atoms with Crippen molar-refractivity contribution < 1.29 is 14.7 Å². The van der Waals surface area contributed by atoms with Crippen molar-refractivity contribution in [2.45, 2.75) is 32.7 Å². The fourth-order valence-corrected chi connectivity index (χ4v) is 2.53. The number of nitrogens with zero attached hydrogens (tertiary/aromatic N) is 3. The molecular formula is C14H19N3O4. The summed E-state index contributed by atoms with van der Waals surface area (Å²) >= 11 is 0. The lowest BCUT2D eigenvalue weighted by Crippen LogP contribution is -2.32. The van der Waals surface area contributed by atoms with E-state index in [4.69, 9.17) is 5.11 Å². The third kappa shape index (κ3) is 3.68. The first kappa shape index (κ1) is 15.2. The zero-order valence-electron chi connectivity index (χ0n) is 12.0. The fourth-order valence-electron chi connectivity index (χ4n) is 2.53. The molecule has 1 amide bonds. The van der Waals surface area contributed by atoms with Crippen molar-refractivity contribution in [3.8, 4) is 0 Å². The predicted octanol–water partition coefficient (Wildman–Crippen LogP) is 0.590. The molecule has 0 saturated carbocycles. The Kier molecular flexibility index (Phi) is 4.72. The van der Waals surface area contributed by atoms with Crippen molar-refractivity contribution in [3.63, 3.8) is 0 Å². The summed E-state index contributed by atoms with van der Waals surface area (Å²) in [6, 6.07) is 2.78. The number of amides is 1. The first-order valence-corrected chi connectivity index (χ1v) is 7.10. The summed E-state index contributed by atoms with van der Waals surface area (Å²) in [5.74, 6) is -1.09. The summed E-state index contributed by atoms with van der Waals surface area (Å²) in [5, 5.41) is 12.9. The number of aliphatic carboxylic acids is 1. The van der Waals surface area contributed by atoms with Crippen molar-refractivity contribution >= 4 is 11.9 Å². The summed E-state index contributed by atoms with van der Waals surface area (Å²) in [7, 11) is 0. The normalized spacial score (nSPS) is 18.0. The van der Waals surface area contributed by atoms with Crippen LogP contribution in [0.3, 0.4) is 0 Å². The Morgan fingerprint density at radius 2 is 2.19 bits per heavy atom. The Bertz CT molecular complexity index is 596. The number of carboxylic acids is 1. The molecule has 0 bridgehead atoms. The molecule has 1 N–H and O–H groups in total. The first-order chi connectivity index (χ1) is 10.0. The van der Waals surface area contributed by atoms with E-state index >= 15 is 0 Å². The van der Waals surface area contributed by atoms with Gasteiger partial charge in [-0.05, 0) is 24.8 Å². The smallest absolute Gasteiger partial charge is 0.303 e. The molecule has 1 aromatic heterocycles. The maximum atomic E-state index is 12.3. The number of hydrogen-bond acceptors (Lipinski definition) is 4. The van der Waals surface area contributed by atoms with E-state index in [9.17, 15) is 14.4 Å². The number of carboxylic acid groups (broad SMARTS) is 1. The molecule has 0 aliphatic carbocycles. The highest BCUT2D eigenvalue weighted by molar-refractivity contribution is 5.92. The number of aryl methyl sites for hydroxylation is 1. The Morgan fingerprint density at radius 3 is 2.86 bits per heavy atom. The van der Waals surface area contributed by atoms with Crippen molar-refractivity contribution in [3.05, 3.63) is 28.2 Å². The highest BCUT2D eigenvalue weighted by atomic mass is 16.4. The molecule has 7 heteroatoms. The van der Waals surface area contributed by atoms with Crippen LogP contribution in [0.5, 0.6) is 0 Å². The summed E-state index contributed by atoms with van der Waals surface area (Å²) in [5.41, 5.74) is 0.0117. The minimum atomic E-state index is -0.844. The van der Waals surface area contributed by atoms with Crippen LogP contribution < -0.4 is 5.56 Å². The molecule has 2 heterocycles. The van der Waals surface area contributed by atoms with Crippen LogP contribution in [-0.4, -0.2) is 44.8 Å². The van der Waals surface area contributed by atoms with Gasteiger partial charge in [-0.25, -0.2) is 4.68 Å². The number of rotatable bonds is 5. The zero-order chi connectivity index (χ0) is 15.4. The van der Waals surface area contributed by atoms with E-state index in [1.165, 1.54) is 16.8 Å². The maximum absolute atomic E-state index is 12.3. The molecule has 0 spiro atoms. The van der Waals surface area contributed by atoms with E-state index in [0.717, 1.165) is 6.42 Å². The van der Waals surface area contributed by atoms with E-state index < -0.39 is 5.97 Å². The molecule has 2 rings (SSSR count). The van der Waals surface area contributed by atoms with Gasteiger partial charge < -0.3 is 10.0 Å². The molecule has 0 radical (unpaired) electrons. The number of aromatic nitrogens is 2. The summed E-state index contributed by atoms with van der Waals surface area (Å²) < 4.78 is 1.29. The molecule has 1 unspecified atom stereocenters. The molecule has 7 nitrogen and oxygen atoms in total. The highest BCUT2D eigenvalue weighted by Crippen LogP contribution is 2.20. The number of carbonyl (C=O) groups is 2. The second-order valence-corrected chi connectivity index (χ2v) is 5.28. The van der Waals surface area contributed by atoms with Gasteiger partial charge in [-0.1, -0.05) is 6.92 Å². The van der Waals surface area contributed by atoms with Crippen LogP contribution in [0.2, 0.25) is 0 Å². The monoisotopic (exact) mass is 293 g/mol. The van der Waals surface area contributed by atoms with Gasteiger partial charge >= 0.3 is 5.97 Å². The molecular weight excluding hydrogens is 274 g/mol. The van der Waals surface area contributed by atoms with E-state index in [1.54, 1.807) is 4.90 Å². The lowest BCUT2D eigenvalue weighted by atomic mass is 10.1. The van der Waals surface area contributed by atoms with Crippen LogP contribution in [0.15, 0.2) is 16.9 Å². The molecule has 0 aromatic carbocycles. The number of likely N-dealkylation sites (tertiary alicyclic amines) is 1. The van der Waals surface area contributed by atoms with Gasteiger partial charge in [0, 0.05) is 32.1 Å². The van der Waals surface area contributed by atoms with Crippen LogP contribution in [0, 0.1) is 5.92 Å². The molecule has 1 saturated heterocycles. The van der Waals surface area contributed by atoms with Gasteiger partial charge in [-0.2, -0.15) is 5.10 Å². The second kappa shape index (κ2) is 6.51. The van der Waals surface area contributed by atoms with E-state index in [-0.39, 0.29) is 29.5 Å². The van der Waals surface area contributed by atoms with Crippen molar-refractivity contribution in [2.75, 3.05) is 13.1 Å². The van der Waals surface area contributed by atoms with Crippen LogP contribution in [0.4, 0.5) is 0 Å². The minimum Gasteiger partial charge on any atom is -0.481 e. The van der Waals surface area contributed by atoms with Crippen LogP contribution >= 0.6 is 0 Å². The van der Waals surface area contributed by atoms with Gasteiger partial charge in [-0.15, -0.1) is 0 Å². The molecule has 1 atom stereocenters. The molecule has 1 aliphatic rings. The fraction of sp³-hybridized carbons (Fsp3) is 0.571. The quantitative estimate of drug-likeness (QED) is 0.857. The lowest BCUT2D eigenvalue weighted by Gasteiger charge is -2.16. The van der Waals surface area contributed by atoms with E-state index in [1.807, 2.05) is 6.92 Å². The summed E-state index contributed by atoms with van der Waals surface area (Å²) in [4.78, 5) is 36.2. The topological polar surface area (TPSA) is 92.5 Å². The Hall–Kier alpha value is -2.18. The molecule has 1 aliphatic heterocycles. The third-order valence-corrected chi connectivity index (χ3v) is 3.56. The van der Waals surface area contributed by atoms with Gasteiger partial charge in [-0.3, -0.25) is 14.4 Å². The standard InChI is InChI=1S/C14H19N3O4/c1-2-6-17-12(18)4-3-11(15-17)14(21)16-7-5-10(9-16)8-13(19)20/h3-4,10H,2,5-9H2,1H3,(H,19,20). The van der Waals surface area contributed by atoms with Gasteiger partial charge in [0.15, 0.2) is 0 Å². The number of carbonyl (C=O) groups excluding carboxylic acids is 1. The van der Waals surface area contributed by atoms with Crippen molar-refractivity contribution in [2.24, 2.45) is 5.92 Å². The third-order valence-electron chi connectivity index (χ3n) is 3.56. The summed E-state index contributed by atoms with van der Waals surface area (Å²) in [6.45, 7) is 3.37. The van der Waals surface area contributed by atoms with Gasteiger partial charge in [0.2, 0.25) is 0 Å². The van der Waals surface area contributed by atoms with Gasteiger partial charge in [0.25, 0.3) is 11.5 Å². The van der Waals surface area contributed by atoms with Gasteiger partial charge in [0.1, 0.15) is 5.69 Å². The van der Waals surface area contributed by atoms with Crippen LogP contribution in [0.25, 0.3) is 0 Å². The summed E-state index contributed by atoms with van der Waals surface area (Å²) in [6.07, 6.45) is 1.52. The van der Waals surface area contributed by atoms with Crippen LogP contribution in [-0.2, 0) is 11.3 Å². The van der Waals surface area contributed by atoms with Crippen LogP contribution in [0.1, 0.15) is 36.7 Å².